The maximum atomic E-state index is 12.4. The molecule has 0 heterocycles. The van der Waals surface area contributed by atoms with Gasteiger partial charge in [0, 0.05) is 0 Å². The van der Waals surface area contributed by atoms with Gasteiger partial charge in [-0.25, -0.2) is 4.99 Å². The molecule has 8 nitrogen and oxygen atoms in total. The van der Waals surface area contributed by atoms with E-state index < -0.39 is 18.0 Å². The molecule has 28 heavy (non-hydrogen) atoms. The van der Waals surface area contributed by atoms with E-state index in [2.05, 4.69) is 10.3 Å². The van der Waals surface area contributed by atoms with Crippen molar-refractivity contribution in [1.29, 1.82) is 0 Å². The van der Waals surface area contributed by atoms with E-state index in [-0.39, 0.29) is 11.9 Å². The van der Waals surface area contributed by atoms with Gasteiger partial charge in [-0.2, -0.15) is 0 Å². The molecule has 1 aromatic rings. The number of nitrogens with zero attached hydrogens (tertiary/aromatic N) is 1. The third kappa shape index (κ3) is 7.19. The minimum Gasteiger partial charge on any atom is -0.370 e. The van der Waals surface area contributed by atoms with Crippen LogP contribution in [0, 0.1) is 5.92 Å². The smallest absolute Gasteiger partial charge is 0.240 e. The van der Waals surface area contributed by atoms with Crippen LogP contribution in [0.3, 0.4) is 0 Å². The molecule has 1 fully saturated rings. The standard InChI is InChI=1S/C20H32N6O2/c21-16(12-14-6-9-15(10-7-14)25-20(23)24)19(28)26-17(18(22)27)11-8-13-4-2-1-3-5-13/h6-7,9-10,13,16-17H,1-5,8,11-12,21H2,(H2,22,27)(H,26,28)(H4,23,24,25)/t16-,17?/m0/s1. The molecule has 8 heteroatoms. The van der Waals surface area contributed by atoms with E-state index in [4.69, 9.17) is 22.9 Å². The van der Waals surface area contributed by atoms with Crippen LogP contribution in [0.15, 0.2) is 29.3 Å². The summed E-state index contributed by atoms with van der Waals surface area (Å²) >= 11 is 0. The van der Waals surface area contributed by atoms with Crippen LogP contribution in [0.25, 0.3) is 0 Å². The Morgan fingerprint density at radius 2 is 1.71 bits per heavy atom. The molecule has 0 radical (unpaired) electrons. The molecule has 0 aromatic heterocycles. The first-order valence-electron chi connectivity index (χ1n) is 9.89. The van der Waals surface area contributed by atoms with Crippen LogP contribution in [0.5, 0.6) is 0 Å². The fourth-order valence-corrected chi connectivity index (χ4v) is 3.64. The Morgan fingerprint density at radius 3 is 2.29 bits per heavy atom. The number of rotatable bonds is 9. The number of nitrogens with two attached hydrogens (primary N) is 4. The number of benzene rings is 1. The van der Waals surface area contributed by atoms with Gasteiger partial charge in [-0.3, -0.25) is 9.59 Å². The lowest BCUT2D eigenvalue weighted by Crippen LogP contribution is -2.51. The molecule has 0 aliphatic heterocycles. The topological polar surface area (TPSA) is 163 Å². The zero-order valence-corrected chi connectivity index (χ0v) is 16.3. The van der Waals surface area contributed by atoms with E-state index in [1.807, 2.05) is 12.1 Å². The number of carbonyl (C=O) groups excluding carboxylic acids is 2. The van der Waals surface area contributed by atoms with Gasteiger partial charge < -0.3 is 28.3 Å². The molecule has 154 valence electrons. The van der Waals surface area contributed by atoms with Crippen molar-refractivity contribution in [3.8, 4) is 0 Å². The van der Waals surface area contributed by atoms with E-state index >= 15 is 0 Å². The number of hydrogen-bond donors (Lipinski definition) is 5. The molecule has 0 bridgehead atoms. The number of hydrogen-bond acceptors (Lipinski definition) is 4. The highest BCUT2D eigenvalue weighted by Crippen LogP contribution is 2.27. The number of primary amides is 1. The lowest BCUT2D eigenvalue weighted by Gasteiger charge is -2.24. The van der Waals surface area contributed by atoms with Crippen molar-refractivity contribution in [1.82, 2.24) is 5.32 Å². The summed E-state index contributed by atoms with van der Waals surface area (Å²) in [6, 6.07) is 5.66. The number of amides is 2. The Kier molecular flexibility index (Phi) is 8.25. The molecule has 1 saturated carbocycles. The Hall–Kier alpha value is -2.61. The van der Waals surface area contributed by atoms with Gasteiger partial charge in [-0.15, -0.1) is 0 Å². The fraction of sp³-hybridized carbons (Fsp3) is 0.550. The van der Waals surface area contributed by atoms with Gasteiger partial charge in [-0.05, 0) is 42.9 Å². The summed E-state index contributed by atoms with van der Waals surface area (Å²) in [5, 5.41) is 2.72. The average Bonchev–Trinajstić information content (AvgIpc) is 2.66. The summed E-state index contributed by atoms with van der Waals surface area (Å²) in [4.78, 5) is 28.1. The van der Waals surface area contributed by atoms with Crippen molar-refractivity contribution in [3.63, 3.8) is 0 Å². The molecule has 1 aliphatic rings. The second-order valence-corrected chi connectivity index (χ2v) is 7.56. The maximum Gasteiger partial charge on any atom is 0.240 e. The first kappa shape index (κ1) is 21.7. The SMILES string of the molecule is NC(=O)C(CCC1CCCCC1)NC(=O)[C@@H](N)Cc1ccc(N=C(N)N)cc1. The van der Waals surface area contributed by atoms with Crippen molar-refractivity contribution in [2.24, 2.45) is 33.8 Å². The molecule has 2 amide bonds. The lowest BCUT2D eigenvalue weighted by molar-refractivity contribution is -0.128. The minimum absolute atomic E-state index is 0.0189. The number of nitrogens with one attached hydrogen (secondary N) is 1. The van der Waals surface area contributed by atoms with Crippen LogP contribution in [0.2, 0.25) is 0 Å². The van der Waals surface area contributed by atoms with Crippen molar-refractivity contribution in [3.05, 3.63) is 29.8 Å². The third-order valence-electron chi connectivity index (χ3n) is 5.24. The molecule has 1 unspecified atom stereocenters. The predicted octanol–water partition coefficient (Wildman–Crippen LogP) is 0.792. The van der Waals surface area contributed by atoms with E-state index in [0.29, 0.717) is 24.4 Å². The summed E-state index contributed by atoms with van der Waals surface area (Å²) in [5.41, 5.74) is 23.7. The molecular weight excluding hydrogens is 356 g/mol. The molecule has 0 spiro atoms. The predicted molar refractivity (Wildman–Crippen MR) is 111 cm³/mol. The summed E-state index contributed by atoms with van der Waals surface area (Å²) in [7, 11) is 0. The van der Waals surface area contributed by atoms with E-state index in [1.165, 1.54) is 32.1 Å². The largest absolute Gasteiger partial charge is 0.370 e. The Balaban J connectivity index is 1.85. The van der Waals surface area contributed by atoms with Gasteiger partial charge in [0.15, 0.2) is 5.96 Å². The molecule has 0 saturated heterocycles. The summed E-state index contributed by atoms with van der Waals surface area (Å²) < 4.78 is 0. The first-order chi connectivity index (χ1) is 13.3. The zero-order valence-electron chi connectivity index (χ0n) is 16.3. The minimum atomic E-state index is -0.773. The molecule has 1 aliphatic carbocycles. The third-order valence-corrected chi connectivity index (χ3v) is 5.24. The summed E-state index contributed by atoms with van der Waals surface area (Å²) in [6.45, 7) is 0. The highest BCUT2D eigenvalue weighted by molar-refractivity contribution is 5.89. The Morgan fingerprint density at radius 1 is 1.07 bits per heavy atom. The van der Waals surface area contributed by atoms with Crippen LogP contribution >= 0.6 is 0 Å². The fourth-order valence-electron chi connectivity index (χ4n) is 3.64. The highest BCUT2D eigenvalue weighted by Gasteiger charge is 2.24. The van der Waals surface area contributed by atoms with Crippen LogP contribution < -0.4 is 28.3 Å². The number of guanidine groups is 1. The van der Waals surface area contributed by atoms with Crippen molar-refractivity contribution in [2.45, 2.75) is 63.5 Å². The van der Waals surface area contributed by atoms with Crippen LogP contribution in [0.4, 0.5) is 5.69 Å². The van der Waals surface area contributed by atoms with Crippen molar-refractivity contribution < 1.29 is 9.59 Å². The van der Waals surface area contributed by atoms with Crippen LogP contribution in [0.1, 0.15) is 50.5 Å². The Bertz CT molecular complexity index is 678. The number of aliphatic imine (C=N–C) groups is 1. The molecule has 1 aromatic carbocycles. The summed E-state index contributed by atoms with van der Waals surface area (Å²) in [6.07, 6.45) is 7.94. The normalized spacial score (nSPS) is 16.8. The second kappa shape index (κ2) is 10.7. The monoisotopic (exact) mass is 388 g/mol. The quantitative estimate of drug-likeness (QED) is 0.311. The van der Waals surface area contributed by atoms with Crippen LogP contribution in [-0.4, -0.2) is 29.9 Å². The van der Waals surface area contributed by atoms with E-state index in [9.17, 15) is 9.59 Å². The van der Waals surface area contributed by atoms with Gasteiger partial charge in [0.2, 0.25) is 11.8 Å². The zero-order chi connectivity index (χ0) is 20.5. The molecule has 9 N–H and O–H groups in total. The molecular formula is C20H32N6O2. The molecule has 2 rings (SSSR count). The van der Waals surface area contributed by atoms with Gasteiger partial charge in [0.1, 0.15) is 6.04 Å². The maximum absolute atomic E-state index is 12.4. The first-order valence-corrected chi connectivity index (χ1v) is 9.89. The van der Waals surface area contributed by atoms with Gasteiger partial charge in [0.05, 0.1) is 11.7 Å². The van der Waals surface area contributed by atoms with E-state index in [0.717, 1.165) is 12.0 Å². The van der Waals surface area contributed by atoms with Crippen molar-refractivity contribution >= 4 is 23.5 Å². The van der Waals surface area contributed by atoms with Gasteiger partial charge in [0.25, 0.3) is 0 Å². The molecule has 2 atom stereocenters. The number of carbonyl (C=O) groups is 2. The summed E-state index contributed by atoms with van der Waals surface area (Å²) in [5.74, 6) is -0.293. The van der Waals surface area contributed by atoms with Gasteiger partial charge >= 0.3 is 0 Å². The second-order valence-electron chi connectivity index (χ2n) is 7.56. The lowest BCUT2D eigenvalue weighted by atomic mass is 9.85. The van der Waals surface area contributed by atoms with Crippen molar-refractivity contribution in [2.75, 3.05) is 0 Å². The van der Waals surface area contributed by atoms with E-state index in [1.54, 1.807) is 12.1 Å². The van der Waals surface area contributed by atoms with Crippen LogP contribution in [-0.2, 0) is 16.0 Å². The average molecular weight is 389 g/mol. The Labute approximate surface area is 166 Å². The highest BCUT2D eigenvalue weighted by atomic mass is 16.2. The van der Waals surface area contributed by atoms with Gasteiger partial charge in [-0.1, -0.05) is 44.2 Å².